The minimum absolute atomic E-state index is 0.0163. The van der Waals surface area contributed by atoms with Crippen LogP contribution in [0.5, 0.6) is 0 Å². The molecule has 0 aromatic carbocycles. The van der Waals surface area contributed by atoms with Crippen molar-refractivity contribution in [3.05, 3.63) is 52.4 Å². The van der Waals surface area contributed by atoms with Crippen LogP contribution in [0.25, 0.3) is 5.65 Å². The Morgan fingerprint density at radius 2 is 2.24 bits per heavy atom. The lowest BCUT2D eigenvalue weighted by Crippen LogP contribution is -2.31. The van der Waals surface area contributed by atoms with Gasteiger partial charge >= 0.3 is 5.97 Å². The van der Waals surface area contributed by atoms with Crippen molar-refractivity contribution in [3.63, 3.8) is 0 Å². The van der Waals surface area contributed by atoms with Crippen molar-refractivity contribution in [3.8, 4) is 0 Å². The molecule has 1 fully saturated rings. The number of aliphatic hydroxyl groups is 1. The minimum Gasteiger partial charge on any atom is -0.476 e. The third-order valence-corrected chi connectivity index (χ3v) is 5.31. The summed E-state index contributed by atoms with van der Waals surface area (Å²) in [4.78, 5) is 21.5. The summed E-state index contributed by atoms with van der Waals surface area (Å²) < 4.78 is 1.84. The SMILES string of the molecule is N[C@@H]1C[C@@H](c2nc(C(=O)O)cs2)N(C(O)c2cn3ccccc3n2)C1. The van der Waals surface area contributed by atoms with Crippen LogP contribution in [0.2, 0.25) is 0 Å². The van der Waals surface area contributed by atoms with Crippen LogP contribution in [0, 0.1) is 0 Å². The Bertz CT molecular complexity index is 890. The summed E-state index contributed by atoms with van der Waals surface area (Å²) in [6.07, 6.45) is 3.32. The van der Waals surface area contributed by atoms with E-state index in [0.29, 0.717) is 23.7 Å². The van der Waals surface area contributed by atoms with Crippen LogP contribution in [-0.2, 0) is 0 Å². The number of carboxylic acid groups (broad SMARTS) is 1. The van der Waals surface area contributed by atoms with Gasteiger partial charge in [0.05, 0.1) is 6.04 Å². The first-order valence-electron chi connectivity index (χ1n) is 7.84. The fraction of sp³-hybridized carbons (Fsp3) is 0.312. The molecule has 8 nitrogen and oxygen atoms in total. The van der Waals surface area contributed by atoms with Crippen LogP contribution in [0.15, 0.2) is 36.0 Å². The molecule has 9 heteroatoms. The topological polar surface area (TPSA) is 117 Å². The second kappa shape index (κ2) is 6.19. The maximum absolute atomic E-state index is 11.1. The molecule has 0 spiro atoms. The number of nitrogens with two attached hydrogens (primary N) is 1. The molecule has 0 amide bonds. The average Bonchev–Trinajstić information content (AvgIpc) is 3.31. The van der Waals surface area contributed by atoms with Gasteiger partial charge in [0.1, 0.15) is 16.3 Å². The van der Waals surface area contributed by atoms with Crippen LogP contribution in [0.3, 0.4) is 0 Å². The zero-order valence-electron chi connectivity index (χ0n) is 13.2. The Kier molecular flexibility index (Phi) is 4.00. The molecule has 4 heterocycles. The first-order chi connectivity index (χ1) is 12.0. The Labute approximate surface area is 147 Å². The molecule has 1 aliphatic heterocycles. The standard InChI is InChI=1S/C16H17N5O3S/c17-9-5-12(14-19-11(8-25-14)16(23)24)21(6-9)15(22)10-7-20-4-2-1-3-13(20)18-10/h1-4,7-9,12,15,22H,5-6,17H2,(H,23,24)/t9-,12+,15?/m1/s1. The van der Waals surface area contributed by atoms with Crippen LogP contribution >= 0.6 is 11.3 Å². The molecule has 1 aliphatic rings. The Morgan fingerprint density at radius 1 is 1.40 bits per heavy atom. The Balaban J connectivity index is 1.65. The molecular formula is C16H17N5O3S. The fourth-order valence-corrected chi connectivity index (χ4v) is 4.12. The summed E-state index contributed by atoms with van der Waals surface area (Å²) >= 11 is 1.27. The van der Waals surface area contributed by atoms with E-state index < -0.39 is 12.2 Å². The van der Waals surface area contributed by atoms with E-state index in [1.165, 1.54) is 16.7 Å². The van der Waals surface area contributed by atoms with Gasteiger partial charge in [0.25, 0.3) is 0 Å². The first-order valence-corrected chi connectivity index (χ1v) is 8.72. The summed E-state index contributed by atoms with van der Waals surface area (Å²) in [7, 11) is 0. The highest BCUT2D eigenvalue weighted by Gasteiger charge is 2.38. The third kappa shape index (κ3) is 2.91. The number of hydrogen-bond acceptors (Lipinski definition) is 7. The van der Waals surface area contributed by atoms with Gasteiger partial charge in [-0.1, -0.05) is 6.07 Å². The van der Waals surface area contributed by atoms with Crippen molar-refractivity contribution >= 4 is 23.0 Å². The van der Waals surface area contributed by atoms with E-state index >= 15 is 0 Å². The first kappa shape index (κ1) is 16.2. The molecule has 3 atom stereocenters. The van der Waals surface area contributed by atoms with Gasteiger partial charge in [0, 0.05) is 30.4 Å². The summed E-state index contributed by atoms with van der Waals surface area (Å²) in [5.74, 6) is -1.06. The van der Waals surface area contributed by atoms with E-state index in [1.54, 1.807) is 6.20 Å². The molecule has 25 heavy (non-hydrogen) atoms. The minimum atomic E-state index is -1.06. The highest BCUT2D eigenvalue weighted by molar-refractivity contribution is 7.09. The summed E-state index contributed by atoms with van der Waals surface area (Å²) in [6.45, 7) is 0.488. The molecule has 0 aliphatic carbocycles. The second-order valence-corrected chi connectivity index (χ2v) is 6.98. The number of carboxylic acids is 1. The van der Waals surface area contributed by atoms with Gasteiger partial charge in [-0.2, -0.15) is 0 Å². The lowest BCUT2D eigenvalue weighted by atomic mass is 10.2. The molecular weight excluding hydrogens is 342 g/mol. The number of likely N-dealkylation sites (tertiary alicyclic amines) is 1. The van der Waals surface area contributed by atoms with E-state index in [2.05, 4.69) is 9.97 Å². The molecule has 0 radical (unpaired) electrons. The average molecular weight is 359 g/mol. The molecule has 0 bridgehead atoms. The molecule has 0 saturated carbocycles. The van der Waals surface area contributed by atoms with Gasteiger partial charge in [0.15, 0.2) is 11.9 Å². The molecule has 3 aromatic heterocycles. The van der Waals surface area contributed by atoms with Crippen molar-refractivity contribution in [2.45, 2.75) is 24.7 Å². The van der Waals surface area contributed by atoms with Gasteiger partial charge in [-0.05, 0) is 18.6 Å². The van der Waals surface area contributed by atoms with Crippen LogP contribution in [0.1, 0.15) is 39.9 Å². The number of hydrogen-bond donors (Lipinski definition) is 3. The zero-order chi connectivity index (χ0) is 17.6. The van der Waals surface area contributed by atoms with Crippen molar-refractivity contribution in [2.24, 2.45) is 5.73 Å². The number of aliphatic hydroxyl groups excluding tert-OH is 1. The third-order valence-electron chi connectivity index (χ3n) is 4.36. The highest BCUT2D eigenvalue weighted by atomic mass is 32.1. The molecule has 1 saturated heterocycles. The van der Waals surface area contributed by atoms with E-state index in [4.69, 9.17) is 10.8 Å². The fourth-order valence-electron chi connectivity index (χ4n) is 3.20. The smallest absolute Gasteiger partial charge is 0.355 e. The molecule has 4 N–H and O–H groups in total. The lowest BCUT2D eigenvalue weighted by Gasteiger charge is -2.26. The molecule has 4 rings (SSSR count). The van der Waals surface area contributed by atoms with Crippen LogP contribution in [-0.4, -0.2) is 48.0 Å². The number of aromatic nitrogens is 3. The van der Waals surface area contributed by atoms with E-state index in [1.807, 2.05) is 33.7 Å². The van der Waals surface area contributed by atoms with Gasteiger partial charge in [-0.25, -0.2) is 14.8 Å². The van der Waals surface area contributed by atoms with E-state index in [0.717, 1.165) is 5.65 Å². The van der Waals surface area contributed by atoms with E-state index in [9.17, 15) is 9.90 Å². The number of nitrogens with zero attached hydrogens (tertiary/aromatic N) is 4. The number of rotatable bonds is 4. The van der Waals surface area contributed by atoms with Gasteiger partial charge in [-0.15, -0.1) is 11.3 Å². The maximum Gasteiger partial charge on any atom is 0.355 e. The second-order valence-electron chi connectivity index (χ2n) is 6.09. The zero-order valence-corrected chi connectivity index (χ0v) is 14.0. The number of carbonyl (C=O) groups is 1. The Morgan fingerprint density at radius 3 is 2.96 bits per heavy atom. The maximum atomic E-state index is 11.1. The summed E-state index contributed by atoms with van der Waals surface area (Å²) in [6, 6.07) is 5.30. The van der Waals surface area contributed by atoms with Crippen molar-refractivity contribution in [1.82, 2.24) is 19.3 Å². The van der Waals surface area contributed by atoms with Crippen molar-refractivity contribution in [1.29, 1.82) is 0 Å². The molecule has 1 unspecified atom stereocenters. The number of imidazole rings is 1. The van der Waals surface area contributed by atoms with Crippen molar-refractivity contribution < 1.29 is 15.0 Å². The van der Waals surface area contributed by atoms with Gasteiger partial charge < -0.3 is 20.3 Å². The van der Waals surface area contributed by atoms with Gasteiger partial charge in [-0.3, -0.25) is 4.90 Å². The highest BCUT2D eigenvalue weighted by Crippen LogP contribution is 2.38. The lowest BCUT2D eigenvalue weighted by molar-refractivity contribution is -0.0113. The van der Waals surface area contributed by atoms with Crippen LogP contribution in [0.4, 0.5) is 0 Å². The predicted molar refractivity (Wildman–Crippen MR) is 91.3 cm³/mol. The number of thiazole rings is 1. The normalized spacial score (nSPS) is 22.5. The largest absolute Gasteiger partial charge is 0.476 e. The summed E-state index contributed by atoms with van der Waals surface area (Å²) in [5, 5.41) is 22.1. The quantitative estimate of drug-likeness (QED) is 0.642. The molecule has 3 aromatic rings. The van der Waals surface area contributed by atoms with Crippen LogP contribution < -0.4 is 5.73 Å². The van der Waals surface area contributed by atoms with E-state index in [-0.39, 0.29) is 17.8 Å². The number of pyridine rings is 1. The predicted octanol–water partition coefficient (Wildman–Crippen LogP) is 1.25. The monoisotopic (exact) mass is 359 g/mol. The van der Waals surface area contributed by atoms with Crippen molar-refractivity contribution in [2.75, 3.05) is 6.54 Å². The molecule has 130 valence electrons. The Hall–Kier alpha value is -2.33. The number of aromatic carboxylic acids is 1. The summed E-state index contributed by atoms with van der Waals surface area (Å²) in [5.41, 5.74) is 7.39. The van der Waals surface area contributed by atoms with Gasteiger partial charge in [0.2, 0.25) is 0 Å². The number of fused-ring (bicyclic) bond motifs is 1.